The first kappa shape index (κ1) is 15.4. The number of aromatic nitrogens is 2. The largest absolute Gasteiger partial charge is 0.476 e. The number of aryl methyl sites for hydroxylation is 1. The number of hydrogen-bond acceptors (Lipinski definition) is 3. The number of carbonyl (C=O) groups is 1. The van der Waals surface area contributed by atoms with Crippen molar-refractivity contribution >= 4 is 5.97 Å². The molecule has 1 N–H and O–H groups in total. The maximum absolute atomic E-state index is 11.5. The Morgan fingerprint density at radius 2 is 1.79 bits per heavy atom. The fourth-order valence-corrected chi connectivity index (χ4v) is 1.94. The zero-order valence-corrected chi connectivity index (χ0v) is 11.5. The lowest BCUT2D eigenvalue weighted by atomic mass is 10.1. The van der Waals surface area contributed by atoms with Crippen molar-refractivity contribution in [3.05, 3.63) is 28.2 Å². The Morgan fingerprint density at radius 3 is 2.42 bits per heavy atom. The molecular formula is C14H22N2O3. The monoisotopic (exact) mass is 266 g/mol. The molecule has 0 unspecified atom stereocenters. The number of unbranched alkanes of at least 4 members (excludes halogenated alkanes) is 6. The second-order valence-corrected chi connectivity index (χ2v) is 4.71. The van der Waals surface area contributed by atoms with E-state index in [9.17, 15) is 9.59 Å². The van der Waals surface area contributed by atoms with Crippen LogP contribution in [-0.4, -0.2) is 20.9 Å². The Morgan fingerprint density at radius 1 is 1.16 bits per heavy atom. The zero-order chi connectivity index (χ0) is 14.1. The average molecular weight is 266 g/mol. The molecule has 0 atom stereocenters. The third kappa shape index (κ3) is 5.68. The van der Waals surface area contributed by atoms with E-state index >= 15 is 0 Å². The van der Waals surface area contributed by atoms with Crippen molar-refractivity contribution in [1.82, 2.24) is 9.78 Å². The summed E-state index contributed by atoms with van der Waals surface area (Å²) in [6, 6.07) is 2.50. The molecule has 106 valence electrons. The van der Waals surface area contributed by atoms with Gasteiger partial charge in [-0.15, -0.1) is 0 Å². The molecule has 0 fully saturated rings. The van der Waals surface area contributed by atoms with E-state index in [2.05, 4.69) is 12.0 Å². The van der Waals surface area contributed by atoms with E-state index in [1.165, 1.54) is 42.5 Å². The lowest BCUT2D eigenvalue weighted by Crippen LogP contribution is -2.24. The summed E-state index contributed by atoms with van der Waals surface area (Å²) in [5.74, 6) is -1.10. The summed E-state index contributed by atoms with van der Waals surface area (Å²) < 4.78 is 1.25. The summed E-state index contributed by atoms with van der Waals surface area (Å²) in [5, 5.41) is 12.6. The smallest absolute Gasteiger partial charge is 0.356 e. The third-order valence-corrected chi connectivity index (χ3v) is 3.06. The molecule has 5 nitrogen and oxygen atoms in total. The Hall–Kier alpha value is -1.65. The molecule has 0 radical (unpaired) electrons. The van der Waals surface area contributed by atoms with Crippen LogP contribution in [0.15, 0.2) is 16.9 Å². The fraction of sp³-hybridized carbons (Fsp3) is 0.643. The summed E-state index contributed by atoms with van der Waals surface area (Å²) in [6.07, 6.45) is 8.09. The number of aromatic carboxylic acids is 1. The highest BCUT2D eigenvalue weighted by molar-refractivity contribution is 5.84. The summed E-state index contributed by atoms with van der Waals surface area (Å²) in [5.41, 5.74) is -0.321. The molecule has 1 rings (SSSR count). The van der Waals surface area contributed by atoms with E-state index in [1.807, 2.05) is 0 Å². The van der Waals surface area contributed by atoms with Gasteiger partial charge in [0.05, 0.1) is 0 Å². The first-order valence-electron chi connectivity index (χ1n) is 6.96. The quantitative estimate of drug-likeness (QED) is 0.697. The highest BCUT2D eigenvalue weighted by atomic mass is 16.4. The first-order valence-corrected chi connectivity index (χ1v) is 6.96. The highest BCUT2D eigenvalue weighted by Gasteiger charge is 2.06. The van der Waals surface area contributed by atoms with Crippen LogP contribution in [0.1, 0.15) is 62.4 Å². The van der Waals surface area contributed by atoms with Gasteiger partial charge < -0.3 is 5.11 Å². The Balaban J connectivity index is 2.34. The van der Waals surface area contributed by atoms with Crippen molar-refractivity contribution in [2.24, 2.45) is 0 Å². The Labute approximate surface area is 113 Å². The highest BCUT2D eigenvalue weighted by Crippen LogP contribution is 2.07. The van der Waals surface area contributed by atoms with Crippen molar-refractivity contribution in [3.63, 3.8) is 0 Å². The van der Waals surface area contributed by atoms with Crippen LogP contribution >= 0.6 is 0 Å². The van der Waals surface area contributed by atoms with Gasteiger partial charge in [-0.25, -0.2) is 9.48 Å². The van der Waals surface area contributed by atoms with Gasteiger partial charge in [-0.2, -0.15) is 5.10 Å². The number of rotatable bonds is 9. The molecule has 0 bridgehead atoms. The van der Waals surface area contributed by atoms with Gasteiger partial charge in [0, 0.05) is 12.6 Å². The van der Waals surface area contributed by atoms with Gasteiger partial charge in [0.2, 0.25) is 0 Å². The Bertz CT molecular complexity index is 454. The van der Waals surface area contributed by atoms with Crippen LogP contribution in [0, 0.1) is 0 Å². The van der Waals surface area contributed by atoms with Crippen molar-refractivity contribution in [1.29, 1.82) is 0 Å². The van der Waals surface area contributed by atoms with E-state index in [1.54, 1.807) is 0 Å². The molecule has 1 aromatic rings. The summed E-state index contributed by atoms with van der Waals surface area (Å²) in [7, 11) is 0. The summed E-state index contributed by atoms with van der Waals surface area (Å²) >= 11 is 0. The molecule has 0 aliphatic rings. The zero-order valence-electron chi connectivity index (χ0n) is 11.5. The van der Waals surface area contributed by atoms with E-state index in [-0.39, 0.29) is 11.3 Å². The predicted molar refractivity (Wildman–Crippen MR) is 73.4 cm³/mol. The van der Waals surface area contributed by atoms with Crippen LogP contribution in [0.25, 0.3) is 0 Å². The van der Waals surface area contributed by atoms with Gasteiger partial charge in [0.1, 0.15) is 0 Å². The lowest BCUT2D eigenvalue weighted by Gasteiger charge is -2.05. The van der Waals surface area contributed by atoms with Crippen molar-refractivity contribution in [3.8, 4) is 0 Å². The molecule has 5 heteroatoms. The van der Waals surface area contributed by atoms with E-state index < -0.39 is 5.97 Å². The van der Waals surface area contributed by atoms with Gasteiger partial charge in [-0.05, 0) is 12.5 Å². The number of carboxylic acid groups (broad SMARTS) is 1. The summed E-state index contributed by atoms with van der Waals surface area (Å²) in [6.45, 7) is 2.68. The molecular weight excluding hydrogens is 244 g/mol. The summed E-state index contributed by atoms with van der Waals surface area (Å²) in [4.78, 5) is 22.3. The van der Waals surface area contributed by atoms with E-state index in [0.29, 0.717) is 6.54 Å². The topological polar surface area (TPSA) is 72.2 Å². The normalized spacial score (nSPS) is 10.6. The number of carboxylic acids is 1. The molecule has 0 saturated carbocycles. The fourth-order valence-electron chi connectivity index (χ4n) is 1.94. The molecule has 0 aromatic carbocycles. The maximum Gasteiger partial charge on any atom is 0.356 e. The predicted octanol–water partition coefficient (Wildman–Crippen LogP) is 2.69. The minimum atomic E-state index is -1.10. The van der Waals surface area contributed by atoms with E-state index in [4.69, 9.17) is 5.11 Å². The number of nitrogens with zero attached hydrogens (tertiary/aromatic N) is 2. The molecule has 1 aromatic heterocycles. The second kappa shape index (κ2) is 8.45. The van der Waals surface area contributed by atoms with Gasteiger partial charge >= 0.3 is 5.97 Å². The molecule has 1 heterocycles. The molecule has 0 saturated heterocycles. The molecule has 19 heavy (non-hydrogen) atoms. The third-order valence-electron chi connectivity index (χ3n) is 3.06. The Kier molecular flexibility index (Phi) is 6.85. The number of hydrogen-bond donors (Lipinski definition) is 1. The van der Waals surface area contributed by atoms with Crippen molar-refractivity contribution in [2.45, 2.75) is 58.4 Å². The molecule has 0 aliphatic heterocycles. The van der Waals surface area contributed by atoms with E-state index in [0.717, 1.165) is 19.3 Å². The molecule has 0 aliphatic carbocycles. The SMILES string of the molecule is CCCCCCCCCn1nc(C(=O)O)ccc1=O. The average Bonchev–Trinajstić information content (AvgIpc) is 2.39. The van der Waals surface area contributed by atoms with Crippen LogP contribution in [0.5, 0.6) is 0 Å². The second-order valence-electron chi connectivity index (χ2n) is 4.71. The first-order chi connectivity index (χ1) is 9.15. The van der Waals surface area contributed by atoms with Crippen LogP contribution in [0.3, 0.4) is 0 Å². The minimum Gasteiger partial charge on any atom is -0.476 e. The van der Waals surface area contributed by atoms with Gasteiger partial charge in [-0.1, -0.05) is 45.4 Å². The molecule has 0 amide bonds. The van der Waals surface area contributed by atoms with Crippen LogP contribution in [0.2, 0.25) is 0 Å². The van der Waals surface area contributed by atoms with Crippen LogP contribution in [0.4, 0.5) is 0 Å². The van der Waals surface area contributed by atoms with Gasteiger partial charge in [0.15, 0.2) is 5.69 Å². The van der Waals surface area contributed by atoms with Crippen LogP contribution in [-0.2, 0) is 6.54 Å². The minimum absolute atomic E-state index is 0.0810. The van der Waals surface area contributed by atoms with Crippen molar-refractivity contribution < 1.29 is 9.90 Å². The lowest BCUT2D eigenvalue weighted by molar-refractivity contribution is 0.0687. The van der Waals surface area contributed by atoms with Gasteiger partial charge in [-0.3, -0.25) is 4.79 Å². The maximum atomic E-state index is 11.5. The van der Waals surface area contributed by atoms with Gasteiger partial charge in [0.25, 0.3) is 5.56 Å². The van der Waals surface area contributed by atoms with Crippen molar-refractivity contribution in [2.75, 3.05) is 0 Å². The standard InChI is InChI=1S/C14H22N2O3/c1-2-3-4-5-6-7-8-11-16-13(17)10-9-12(15-16)14(18)19/h9-10H,2-8,11H2,1H3,(H,18,19). The molecule has 0 spiro atoms. The van der Waals surface area contributed by atoms with Crippen LogP contribution < -0.4 is 5.56 Å².